The highest BCUT2D eigenvalue weighted by Gasteiger charge is 2.09. The zero-order valence-corrected chi connectivity index (χ0v) is 14.7. The van der Waals surface area contributed by atoms with Crippen LogP contribution in [-0.2, 0) is 4.79 Å². The van der Waals surface area contributed by atoms with Gasteiger partial charge in [0.15, 0.2) is 0 Å². The van der Waals surface area contributed by atoms with Gasteiger partial charge in [-0.05, 0) is 63.1 Å². The number of anilines is 1. The Kier molecular flexibility index (Phi) is 6.18. The largest absolute Gasteiger partial charge is 0.497 e. The molecule has 2 rings (SSSR count). The van der Waals surface area contributed by atoms with Crippen molar-refractivity contribution in [2.24, 2.45) is 0 Å². The minimum absolute atomic E-state index is 0.0230. The Bertz CT molecular complexity index is 673. The zero-order valence-electron chi connectivity index (χ0n) is 14.7. The summed E-state index contributed by atoms with van der Waals surface area (Å²) in [6.07, 6.45) is 1.05. The van der Waals surface area contributed by atoms with Gasteiger partial charge in [-0.25, -0.2) is 0 Å². The molecule has 0 bridgehead atoms. The van der Waals surface area contributed by atoms with Gasteiger partial charge in [0.1, 0.15) is 11.5 Å². The summed E-state index contributed by atoms with van der Waals surface area (Å²) in [5.41, 5.74) is 3.63. The van der Waals surface area contributed by atoms with Gasteiger partial charge in [-0.3, -0.25) is 9.78 Å². The Balaban J connectivity index is 1.77. The van der Waals surface area contributed by atoms with E-state index in [4.69, 9.17) is 9.47 Å². The maximum Gasteiger partial charge on any atom is 0.224 e. The van der Waals surface area contributed by atoms with Crippen molar-refractivity contribution in [3.05, 3.63) is 47.3 Å². The number of aryl methyl sites for hydroxylation is 3. The number of benzene rings is 1. The molecule has 24 heavy (non-hydrogen) atoms. The lowest BCUT2D eigenvalue weighted by Crippen LogP contribution is -2.15. The molecule has 1 amide bonds. The third kappa shape index (κ3) is 4.98. The third-order valence-corrected chi connectivity index (χ3v) is 3.67. The van der Waals surface area contributed by atoms with Crippen molar-refractivity contribution in [1.82, 2.24) is 4.98 Å². The van der Waals surface area contributed by atoms with Crippen LogP contribution in [0.3, 0.4) is 0 Å². The van der Waals surface area contributed by atoms with E-state index in [-0.39, 0.29) is 5.91 Å². The molecule has 128 valence electrons. The fraction of sp³-hybridized carbons (Fsp3) is 0.368. The van der Waals surface area contributed by atoms with Crippen LogP contribution in [0.15, 0.2) is 30.3 Å². The summed E-state index contributed by atoms with van der Waals surface area (Å²) in [6.45, 7) is 6.32. The standard InChI is InChI=1S/C19H24N2O3/c1-13-12-14(2)20-15(3)19(13)21-18(22)6-5-11-24-17-9-7-16(23-4)8-10-17/h7-10,12H,5-6,11H2,1-4H3,(H,21,22). The second-order valence-corrected chi connectivity index (χ2v) is 5.72. The van der Waals surface area contributed by atoms with Gasteiger partial charge in [0, 0.05) is 12.1 Å². The van der Waals surface area contributed by atoms with Crippen molar-refractivity contribution in [3.8, 4) is 11.5 Å². The molecule has 5 heteroatoms. The van der Waals surface area contributed by atoms with Gasteiger partial charge in [0.05, 0.1) is 25.1 Å². The van der Waals surface area contributed by atoms with Crippen molar-refractivity contribution in [3.63, 3.8) is 0 Å². The molecule has 0 saturated heterocycles. The molecule has 0 radical (unpaired) electrons. The van der Waals surface area contributed by atoms with Crippen molar-refractivity contribution in [2.75, 3.05) is 19.0 Å². The van der Waals surface area contributed by atoms with Crippen LogP contribution in [0.25, 0.3) is 0 Å². The molecule has 0 aliphatic rings. The Labute approximate surface area is 143 Å². The molecule has 0 fully saturated rings. The van der Waals surface area contributed by atoms with Crippen LogP contribution in [0.1, 0.15) is 29.8 Å². The number of aromatic nitrogens is 1. The summed E-state index contributed by atoms with van der Waals surface area (Å²) >= 11 is 0. The lowest BCUT2D eigenvalue weighted by molar-refractivity contribution is -0.116. The van der Waals surface area contributed by atoms with E-state index in [0.717, 1.165) is 34.1 Å². The van der Waals surface area contributed by atoms with E-state index in [9.17, 15) is 4.79 Å². The van der Waals surface area contributed by atoms with Crippen LogP contribution in [-0.4, -0.2) is 24.6 Å². The lowest BCUT2D eigenvalue weighted by atomic mass is 10.1. The van der Waals surface area contributed by atoms with Gasteiger partial charge in [0.2, 0.25) is 5.91 Å². The quantitative estimate of drug-likeness (QED) is 0.785. The highest BCUT2D eigenvalue weighted by atomic mass is 16.5. The molecule has 1 N–H and O–H groups in total. The maximum atomic E-state index is 12.1. The van der Waals surface area contributed by atoms with Gasteiger partial charge in [-0.1, -0.05) is 0 Å². The molecule has 5 nitrogen and oxygen atoms in total. The normalized spacial score (nSPS) is 10.3. The molecule has 0 aliphatic carbocycles. The molecule has 0 unspecified atom stereocenters. The number of carbonyl (C=O) groups is 1. The number of methoxy groups -OCH3 is 1. The van der Waals surface area contributed by atoms with Crippen LogP contribution >= 0.6 is 0 Å². The van der Waals surface area contributed by atoms with E-state index < -0.39 is 0 Å². The topological polar surface area (TPSA) is 60.5 Å². The fourth-order valence-electron chi connectivity index (χ4n) is 2.51. The highest BCUT2D eigenvalue weighted by molar-refractivity contribution is 5.92. The Morgan fingerprint density at radius 1 is 1.12 bits per heavy atom. The number of carbonyl (C=O) groups excluding carboxylic acids is 1. The van der Waals surface area contributed by atoms with Crippen LogP contribution < -0.4 is 14.8 Å². The van der Waals surface area contributed by atoms with Crippen molar-refractivity contribution in [2.45, 2.75) is 33.6 Å². The first-order chi connectivity index (χ1) is 11.5. The molecule has 1 aromatic carbocycles. The average molecular weight is 328 g/mol. The number of pyridine rings is 1. The second kappa shape index (κ2) is 8.34. The molecular weight excluding hydrogens is 304 g/mol. The van der Waals surface area contributed by atoms with Crippen LogP contribution in [0.4, 0.5) is 5.69 Å². The minimum atomic E-state index is -0.0230. The van der Waals surface area contributed by atoms with Gasteiger partial charge in [-0.15, -0.1) is 0 Å². The first-order valence-corrected chi connectivity index (χ1v) is 8.01. The molecular formula is C19H24N2O3. The highest BCUT2D eigenvalue weighted by Crippen LogP contribution is 2.20. The Morgan fingerprint density at radius 2 is 1.79 bits per heavy atom. The predicted octanol–water partition coefficient (Wildman–Crippen LogP) is 3.81. The Morgan fingerprint density at radius 3 is 2.42 bits per heavy atom. The van der Waals surface area contributed by atoms with E-state index in [1.807, 2.05) is 51.1 Å². The fourth-order valence-corrected chi connectivity index (χ4v) is 2.51. The summed E-state index contributed by atoms with van der Waals surface area (Å²) in [5.74, 6) is 1.54. The molecule has 0 spiro atoms. The second-order valence-electron chi connectivity index (χ2n) is 5.72. The summed E-state index contributed by atoms with van der Waals surface area (Å²) in [5, 5.41) is 2.95. The van der Waals surface area contributed by atoms with Crippen LogP contribution in [0.5, 0.6) is 11.5 Å². The number of amides is 1. The van der Waals surface area contributed by atoms with Gasteiger partial charge in [0.25, 0.3) is 0 Å². The van der Waals surface area contributed by atoms with Gasteiger partial charge in [-0.2, -0.15) is 0 Å². The average Bonchev–Trinajstić information content (AvgIpc) is 2.55. The summed E-state index contributed by atoms with van der Waals surface area (Å²) in [7, 11) is 1.63. The first kappa shape index (κ1) is 17.8. The SMILES string of the molecule is COc1ccc(OCCCC(=O)Nc2c(C)cc(C)nc2C)cc1. The lowest BCUT2D eigenvalue weighted by Gasteiger charge is -2.12. The van der Waals surface area contributed by atoms with Gasteiger partial charge >= 0.3 is 0 Å². The monoisotopic (exact) mass is 328 g/mol. The number of rotatable bonds is 7. The smallest absolute Gasteiger partial charge is 0.224 e. The summed E-state index contributed by atoms with van der Waals surface area (Å²) in [6, 6.07) is 9.36. The number of hydrogen-bond acceptors (Lipinski definition) is 4. The van der Waals surface area contributed by atoms with Crippen LogP contribution in [0, 0.1) is 20.8 Å². The van der Waals surface area contributed by atoms with Gasteiger partial charge < -0.3 is 14.8 Å². The number of hydrogen-bond donors (Lipinski definition) is 1. The van der Waals surface area contributed by atoms with E-state index in [1.165, 1.54) is 0 Å². The molecule has 2 aromatic rings. The summed E-state index contributed by atoms with van der Waals surface area (Å²) < 4.78 is 10.7. The molecule has 0 saturated carbocycles. The summed E-state index contributed by atoms with van der Waals surface area (Å²) in [4.78, 5) is 16.5. The van der Waals surface area contributed by atoms with E-state index in [2.05, 4.69) is 10.3 Å². The Hall–Kier alpha value is -2.56. The molecule has 1 heterocycles. The van der Waals surface area contributed by atoms with Crippen molar-refractivity contribution in [1.29, 1.82) is 0 Å². The van der Waals surface area contributed by atoms with Crippen LogP contribution in [0.2, 0.25) is 0 Å². The van der Waals surface area contributed by atoms with E-state index in [0.29, 0.717) is 19.4 Å². The molecule has 0 aliphatic heterocycles. The third-order valence-electron chi connectivity index (χ3n) is 3.67. The maximum absolute atomic E-state index is 12.1. The number of nitrogens with zero attached hydrogens (tertiary/aromatic N) is 1. The molecule has 1 aromatic heterocycles. The zero-order chi connectivity index (χ0) is 17.5. The molecule has 0 atom stereocenters. The number of nitrogens with one attached hydrogen (secondary N) is 1. The minimum Gasteiger partial charge on any atom is -0.497 e. The number of ether oxygens (including phenoxy) is 2. The van der Waals surface area contributed by atoms with E-state index >= 15 is 0 Å². The van der Waals surface area contributed by atoms with E-state index in [1.54, 1.807) is 7.11 Å². The van der Waals surface area contributed by atoms with Crippen molar-refractivity contribution >= 4 is 11.6 Å². The first-order valence-electron chi connectivity index (χ1n) is 8.01. The van der Waals surface area contributed by atoms with Crippen molar-refractivity contribution < 1.29 is 14.3 Å². The predicted molar refractivity (Wildman–Crippen MR) is 94.8 cm³/mol.